The molecular weight excluding hydrogens is 228 g/mol. The predicted molar refractivity (Wildman–Crippen MR) is 68.3 cm³/mol. The van der Waals surface area contributed by atoms with Crippen LogP contribution in [0.3, 0.4) is 0 Å². The summed E-state index contributed by atoms with van der Waals surface area (Å²) < 4.78 is 5.27. The van der Waals surface area contributed by atoms with Crippen LogP contribution in [-0.2, 0) is 0 Å². The molecule has 0 bridgehead atoms. The van der Waals surface area contributed by atoms with Gasteiger partial charge < -0.3 is 4.74 Å². The number of benzene rings is 2. The van der Waals surface area contributed by atoms with Crippen molar-refractivity contribution in [2.75, 3.05) is 7.11 Å². The van der Waals surface area contributed by atoms with Gasteiger partial charge in [0.05, 0.1) is 7.11 Å². The van der Waals surface area contributed by atoms with Gasteiger partial charge in [0.2, 0.25) is 0 Å². The van der Waals surface area contributed by atoms with Crippen LogP contribution in [0.5, 0.6) is 5.75 Å². The SMILES string of the molecule is COc1cccc2cc3c(cc12)C(=O)C=CC3=O. The van der Waals surface area contributed by atoms with Crippen molar-refractivity contribution in [3.63, 3.8) is 0 Å². The quantitative estimate of drug-likeness (QED) is 0.767. The van der Waals surface area contributed by atoms with Crippen LogP contribution in [0.15, 0.2) is 42.5 Å². The van der Waals surface area contributed by atoms with Crippen LogP contribution in [0.4, 0.5) is 0 Å². The minimum Gasteiger partial charge on any atom is -0.496 e. The Kier molecular flexibility index (Phi) is 2.27. The first kappa shape index (κ1) is 10.7. The van der Waals surface area contributed by atoms with Crippen molar-refractivity contribution in [2.45, 2.75) is 0 Å². The number of fused-ring (bicyclic) bond motifs is 2. The number of carbonyl (C=O) groups excluding carboxylic acids is 2. The zero-order valence-corrected chi connectivity index (χ0v) is 9.77. The molecule has 2 aromatic carbocycles. The maximum absolute atomic E-state index is 11.8. The van der Waals surface area contributed by atoms with Gasteiger partial charge in [-0.25, -0.2) is 0 Å². The fourth-order valence-electron chi connectivity index (χ4n) is 2.21. The number of hydrogen-bond donors (Lipinski definition) is 0. The molecule has 0 aliphatic heterocycles. The maximum Gasteiger partial charge on any atom is 0.186 e. The molecule has 0 N–H and O–H groups in total. The number of ether oxygens (including phenoxy) is 1. The fraction of sp³-hybridized carbons (Fsp3) is 0.0667. The summed E-state index contributed by atoms with van der Waals surface area (Å²) >= 11 is 0. The van der Waals surface area contributed by atoms with Crippen LogP contribution in [0.2, 0.25) is 0 Å². The molecular formula is C15H10O3. The van der Waals surface area contributed by atoms with Crippen molar-refractivity contribution in [1.29, 1.82) is 0 Å². The van der Waals surface area contributed by atoms with E-state index >= 15 is 0 Å². The number of allylic oxidation sites excluding steroid dienone is 2. The van der Waals surface area contributed by atoms with Crippen molar-refractivity contribution in [1.82, 2.24) is 0 Å². The number of rotatable bonds is 1. The smallest absolute Gasteiger partial charge is 0.186 e. The van der Waals surface area contributed by atoms with E-state index in [9.17, 15) is 9.59 Å². The Hall–Kier alpha value is -2.42. The van der Waals surface area contributed by atoms with E-state index in [1.54, 1.807) is 19.2 Å². The second-order valence-electron chi connectivity index (χ2n) is 4.14. The Morgan fingerprint density at radius 1 is 0.944 bits per heavy atom. The van der Waals surface area contributed by atoms with Gasteiger partial charge in [-0.3, -0.25) is 9.59 Å². The fourth-order valence-corrected chi connectivity index (χ4v) is 2.21. The Balaban J connectivity index is 2.38. The molecule has 88 valence electrons. The molecule has 3 heteroatoms. The summed E-state index contributed by atoms with van der Waals surface area (Å²) in [5, 5.41) is 1.74. The summed E-state index contributed by atoms with van der Waals surface area (Å²) in [5.41, 5.74) is 0.905. The Morgan fingerprint density at radius 3 is 2.28 bits per heavy atom. The number of hydrogen-bond acceptors (Lipinski definition) is 3. The summed E-state index contributed by atoms with van der Waals surface area (Å²) in [4.78, 5) is 23.6. The molecule has 0 fully saturated rings. The van der Waals surface area contributed by atoms with Crippen molar-refractivity contribution in [3.8, 4) is 5.75 Å². The minimum atomic E-state index is -0.141. The zero-order chi connectivity index (χ0) is 12.7. The molecule has 1 aliphatic rings. The monoisotopic (exact) mass is 238 g/mol. The summed E-state index contributed by atoms with van der Waals surface area (Å²) in [6.45, 7) is 0. The first-order chi connectivity index (χ1) is 8.70. The van der Waals surface area contributed by atoms with E-state index in [2.05, 4.69) is 0 Å². The van der Waals surface area contributed by atoms with Crippen LogP contribution in [0.1, 0.15) is 20.7 Å². The van der Waals surface area contributed by atoms with Crippen LogP contribution in [-0.4, -0.2) is 18.7 Å². The Morgan fingerprint density at radius 2 is 1.61 bits per heavy atom. The third-order valence-electron chi connectivity index (χ3n) is 3.12. The van der Waals surface area contributed by atoms with Crippen LogP contribution >= 0.6 is 0 Å². The molecule has 0 radical (unpaired) electrons. The summed E-state index contributed by atoms with van der Waals surface area (Å²) in [6, 6.07) is 9.07. The van der Waals surface area contributed by atoms with E-state index in [0.717, 1.165) is 10.8 Å². The number of carbonyl (C=O) groups is 2. The van der Waals surface area contributed by atoms with Crippen molar-refractivity contribution >= 4 is 22.3 Å². The lowest BCUT2D eigenvalue weighted by Crippen LogP contribution is -2.11. The van der Waals surface area contributed by atoms with Gasteiger partial charge in [0.25, 0.3) is 0 Å². The van der Waals surface area contributed by atoms with Gasteiger partial charge in [0, 0.05) is 16.5 Å². The Bertz CT molecular complexity index is 711. The molecule has 0 saturated carbocycles. The molecule has 0 heterocycles. The van der Waals surface area contributed by atoms with Crippen LogP contribution in [0, 0.1) is 0 Å². The highest BCUT2D eigenvalue weighted by atomic mass is 16.5. The normalized spacial score (nSPS) is 13.8. The number of ketones is 2. The molecule has 1 aliphatic carbocycles. The van der Waals surface area contributed by atoms with E-state index in [4.69, 9.17) is 4.74 Å². The molecule has 0 aromatic heterocycles. The van der Waals surface area contributed by atoms with Crippen LogP contribution < -0.4 is 4.74 Å². The van der Waals surface area contributed by atoms with Crippen molar-refractivity contribution in [2.24, 2.45) is 0 Å². The Labute approximate surface area is 104 Å². The highest BCUT2D eigenvalue weighted by Crippen LogP contribution is 2.30. The van der Waals surface area contributed by atoms with Gasteiger partial charge >= 0.3 is 0 Å². The molecule has 0 spiro atoms. The van der Waals surface area contributed by atoms with Crippen LogP contribution in [0.25, 0.3) is 10.8 Å². The molecule has 0 atom stereocenters. The lowest BCUT2D eigenvalue weighted by atomic mass is 9.91. The topological polar surface area (TPSA) is 43.4 Å². The third-order valence-corrected chi connectivity index (χ3v) is 3.12. The average molecular weight is 238 g/mol. The van der Waals surface area contributed by atoms with E-state index in [0.29, 0.717) is 16.9 Å². The van der Waals surface area contributed by atoms with Gasteiger partial charge in [0.15, 0.2) is 11.6 Å². The summed E-state index contributed by atoms with van der Waals surface area (Å²) in [6.07, 6.45) is 2.63. The van der Waals surface area contributed by atoms with Gasteiger partial charge in [0.1, 0.15) is 5.75 Å². The first-order valence-electron chi connectivity index (χ1n) is 5.58. The van der Waals surface area contributed by atoms with Gasteiger partial charge in [-0.1, -0.05) is 12.1 Å². The van der Waals surface area contributed by atoms with E-state index in [-0.39, 0.29) is 11.6 Å². The number of methoxy groups -OCH3 is 1. The minimum absolute atomic E-state index is 0.130. The average Bonchev–Trinajstić information content (AvgIpc) is 2.41. The molecule has 2 aromatic rings. The predicted octanol–water partition coefficient (Wildman–Crippen LogP) is 2.78. The van der Waals surface area contributed by atoms with Crippen molar-refractivity contribution in [3.05, 3.63) is 53.6 Å². The molecule has 0 amide bonds. The highest BCUT2D eigenvalue weighted by Gasteiger charge is 2.20. The van der Waals surface area contributed by atoms with Gasteiger partial charge in [-0.2, -0.15) is 0 Å². The van der Waals surface area contributed by atoms with Gasteiger partial charge in [-0.15, -0.1) is 0 Å². The second-order valence-corrected chi connectivity index (χ2v) is 4.14. The van der Waals surface area contributed by atoms with Gasteiger partial charge in [-0.05, 0) is 35.7 Å². The lowest BCUT2D eigenvalue weighted by molar-refractivity contribution is 0.0994. The molecule has 0 unspecified atom stereocenters. The van der Waals surface area contributed by atoms with E-state index < -0.39 is 0 Å². The molecule has 3 nitrogen and oxygen atoms in total. The standard InChI is InChI=1S/C15H10O3/c1-18-15-4-2-3-9-7-11-12(8-10(9)15)14(17)6-5-13(11)16/h2-8H,1H3. The largest absolute Gasteiger partial charge is 0.496 e. The second kappa shape index (κ2) is 3.81. The van der Waals surface area contributed by atoms with E-state index in [1.807, 2.05) is 18.2 Å². The maximum atomic E-state index is 11.8. The zero-order valence-electron chi connectivity index (χ0n) is 9.77. The molecule has 3 rings (SSSR count). The first-order valence-corrected chi connectivity index (χ1v) is 5.58. The lowest BCUT2D eigenvalue weighted by Gasteiger charge is -2.12. The molecule has 0 saturated heterocycles. The van der Waals surface area contributed by atoms with Crippen molar-refractivity contribution < 1.29 is 14.3 Å². The summed E-state index contributed by atoms with van der Waals surface area (Å²) in [5.74, 6) is 0.428. The highest BCUT2D eigenvalue weighted by molar-refractivity contribution is 6.23. The van der Waals surface area contributed by atoms with E-state index in [1.165, 1.54) is 12.2 Å². The molecule has 18 heavy (non-hydrogen) atoms. The summed E-state index contributed by atoms with van der Waals surface area (Å²) in [7, 11) is 1.58. The third kappa shape index (κ3) is 1.44.